The van der Waals surface area contributed by atoms with Gasteiger partial charge in [0, 0.05) is 25.8 Å². The maximum Gasteiger partial charge on any atom is 0.139 e. The van der Waals surface area contributed by atoms with Crippen molar-refractivity contribution in [2.45, 2.75) is 25.5 Å². The van der Waals surface area contributed by atoms with Crippen LogP contribution in [-0.2, 0) is 6.54 Å². The van der Waals surface area contributed by atoms with Crippen molar-refractivity contribution in [3.63, 3.8) is 0 Å². The molecule has 23 heavy (non-hydrogen) atoms. The largest absolute Gasteiger partial charge is 0.489 e. The monoisotopic (exact) mass is 310 g/mol. The Bertz CT molecular complexity index is 766. The standard InChI is InChI=1S/C17H18N4O2/c1-3-13(17-16(5-1)19-23-20-17)12-21-9-6-14(7-10-21)22-15-4-2-8-18-11-15/h1-5,8,11,14H,6-7,9-10,12H2. The lowest BCUT2D eigenvalue weighted by atomic mass is 10.1. The molecule has 1 aliphatic heterocycles. The summed E-state index contributed by atoms with van der Waals surface area (Å²) in [4.78, 5) is 6.51. The number of fused-ring (bicyclic) bond motifs is 1. The second kappa shape index (κ2) is 6.34. The average molecular weight is 310 g/mol. The third kappa shape index (κ3) is 3.17. The number of pyridine rings is 1. The smallest absolute Gasteiger partial charge is 0.139 e. The summed E-state index contributed by atoms with van der Waals surface area (Å²) < 4.78 is 10.8. The molecule has 6 heteroatoms. The molecule has 1 saturated heterocycles. The van der Waals surface area contributed by atoms with Crippen LogP contribution in [0.2, 0.25) is 0 Å². The number of hydrogen-bond acceptors (Lipinski definition) is 6. The Morgan fingerprint density at radius 2 is 2.04 bits per heavy atom. The molecule has 2 aromatic heterocycles. The molecule has 0 bridgehead atoms. The normalized spacial score (nSPS) is 16.7. The molecule has 3 aromatic rings. The number of rotatable bonds is 4. The molecule has 0 spiro atoms. The van der Waals surface area contributed by atoms with E-state index in [2.05, 4.69) is 26.3 Å². The van der Waals surface area contributed by atoms with Gasteiger partial charge in [0.1, 0.15) is 22.9 Å². The van der Waals surface area contributed by atoms with E-state index in [0.717, 1.165) is 54.8 Å². The van der Waals surface area contributed by atoms with E-state index >= 15 is 0 Å². The summed E-state index contributed by atoms with van der Waals surface area (Å²) in [5.41, 5.74) is 2.84. The molecule has 0 radical (unpaired) electrons. The van der Waals surface area contributed by atoms with Crippen LogP contribution in [0.3, 0.4) is 0 Å². The summed E-state index contributed by atoms with van der Waals surface area (Å²) in [5.74, 6) is 0.851. The minimum Gasteiger partial charge on any atom is -0.489 e. The fourth-order valence-corrected chi connectivity index (χ4v) is 3.03. The molecule has 1 aromatic carbocycles. The predicted molar refractivity (Wildman–Crippen MR) is 85.0 cm³/mol. The van der Waals surface area contributed by atoms with Crippen LogP contribution in [0.1, 0.15) is 18.4 Å². The van der Waals surface area contributed by atoms with E-state index in [9.17, 15) is 0 Å². The molecule has 0 saturated carbocycles. The Morgan fingerprint density at radius 3 is 2.87 bits per heavy atom. The van der Waals surface area contributed by atoms with Gasteiger partial charge < -0.3 is 4.74 Å². The SMILES string of the molecule is c1cncc(OC2CCN(Cc3cccc4nonc34)CC2)c1. The summed E-state index contributed by atoms with van der Waals surface area (Å²) in [6.07, 6.45) is 5.82. The molecule has 4 rings (SSSR count). The molecular weight excluding hydrogens is 292 g/mol. The fourth-order valence-electron chi connectivity index (χ4n) is 3.03. The van der Waals surface area contributed by atoms with Gasteiger partial charge in [-0.1, -0.05) is 12.1 Å². The van der Waals surface area contributed by atoms with Crippen molar-refractivity contribution in [2.75, 3.05) is 13.1 Å². The van der Waals surface area contributed by atoms with E-state index in [1.165, 1.54) is 0 Å². The van der Waals surface area contributed by atoms with Crippen molar-refractivity contribution in [2.24, 2.45) is 0 Å². The van der Waals surface area contributed by atoms with Crippen molar-refractivity contribution >= 4 is 11.0 Å². The summed E-state index contributed by atoms with van der Waals surface area (Å²) in [6, 6.07) is 9.86. The lowest BCUT2D eigenvalue weighted by Crippen LogP contribution is -2.37. The number of hydrogen-bond donors (Lipinski definition) is 0. The molecule has 0 amide bonds. The summed E-state index contributed by atoms with van der Waals surface area (Å²) in [7, 11) is 0. The highest BCUT2D eigenvalue weighted by Crippen LogP contribution is 2.21. The van der Waals surface area contributed by atoms with Crippen molar-refractivity contribution in [3.8, 4) is 5.75 Å². The number of ether oxygens (including phenoxy) is 1. The maximum absolute atomic E-state index is 5.99. The lowest BCUT2D eigenvalue weighted by molar-refractivity contribution is 0.0967. The van der Waals surface area contributed by atoms with Crippen molar-refractivity contribution < 1.29 is 9.37 Å². The minimum atomic E-state index is 0.264. The third-order valence-corrected chi connectivity index (χ3v) is 4.24. The second-order valence-corrected chi connectivity index (χ2v) is 5.83. The van der Waals surface area contributed by atoms with Crippen LogP contribution in [0.5, 0.6) is 5.75 Å². The first kappa shape index (κ1) is 14.1. The minimum absolute atomic E-state index is 0.264. The van der Waals surface area contributed by atoms with Crippen LogP contribution in [0.15, 0.2) is 47.4 Å². The van der Waals surface area contributed by atoms with Gasteiger partial charge in [-0.05, 0) is 46.9 Å². The van der Waals surface area contributed by atoms with Crippen LogP contribution in [-0.4, -0.2) is 39.4 Å². The van der Waals surface area contributed by atoms with Gasteiger partial charge in [-0.2, -0.15) is 0 Å². The second-order valence-electron chi connectivity index (χ2n) is 5.83. The number of piperidine rings is 1. The molecule has 0 atom stereocenters. The van der Waals surface area contributed by atoms with Gasteiger partial charge in [-0.15, -0.1) is 0 Å². The lowest BCUT2D eigenvalue weighted by Gasteiger charge is -2.32. The van der Waals surface area contributed by atoms with E-state index in [4.69, 9.17) is 9.37 Å². The fraction of sp³-hybridized carbons (Fsp3) is 0.353. The van der Waals surface area contributed by atoms with Gasteiger partial charge in [0.25, 0.3) is 0 Å². The Labute approximate surface area is 134 Å². The zero-order valence-corrected chi connectivity index (χ0v) is 12.8. The molecule has 0 unspecified atom stereocenters. The van der Waals surface area contributed by atoms with Gasteiger partial charge >= 0.3 is 0 Å². The zero-order chi connectivity index (χ0) is 15.5. The molecule has 0 N–H and O–H groups in total. The summed E-state index contributed by atoms with van der Waals surface area (Å²) in [6.45, 7) is 2.88. The molecule has 3 heterocycles. The average Bonchev–Trinajstić information content (AvgIpc) is 3.07. The maximum atomic E-state index is 5.99. The Hall–Kier alpha value is -2.47. The van der Waals surface area contributed by atoms with E-state index in [1.54, 1.807) is 12.4 Å². The van der Waals surface area contributed by atoms with Crippen LogP contribution < -0.4 is 4.74 Å². The van der Waals surface area contributed by atoms with Crippen molar-refractivity contribution in [3.05, 3.63) is 48.3 Å². The van der Waals surface area contributed by atoms with E-state index < -0.39 is 0 Å². The number of benzene rings is 1. The topological polar surface area (TPSA) is 64.3 Å². The quantitative estimate of drug-likeness (QED) is 0.738. The molecule has 1 aliphatic rings. The van der Waals surface area contributed by atoms with Gasteiger partial charge in [0.05, 0.1) is 6.20 Å². The molecule has 118 valence electrons. The summed E-state index contributed by atoms with van der Waals surface area (Å²) in [5, 5.41) is 7.91. The van der Waals surface area contributed by atoms with Crippen LogP contribution in [0.4, 0.5) is 0 Å². The molecular formula is C17H18N4O2. The Morgan fingerprint density at radius 1 is 1.13 bits per heavy atom. The van der Waals surface area contributed by atoms with Gasteiger partial charge in [-0.3, -0.25) is 9.88 Å². The Balaban J connectivity index is 1.36. The third-order valence-electron chi connectivity index (χ3n) is 4.24. The van der Waals surface area contributed by atoms with Crippen LogP contribution in [0, 0.1) is 0 Å². The summed E-state index contributed by atoms with van der Waals surface area (Å²) >= 11 is 0. The van der Waals surface area contributed by atoms with Crippen LogP contribution in [0.25, 0.3) is 11.0 Å². The van der Waals surface area contributed by atoms with Crippen molar-refractivity contribution in [1.29, 1.82) is 0 Å². The van der Waals surface area contributed by atoms with Gasteiger partial charge in [0.2, 0.25) is 0 Å². The first-order valence-electron chi connectivity index (χ1n) is 7.88. The zero-order valence-electron chi connectivity index (χ0n) is 12.8. The highest BCUT2D eigenvalue weighted by atomic mass is 16.6. The van der Waals surface area contributed by atoms with Gasteiger partial charge in [-0.25, -0.2) is 4.63 Å². The van der Waals surface area contributed by atoms with E-state index in [0.29, 0.717) is 0 Å². The first-order valence-corrected chi connectivity index (χ1v) is 7.88. The number of likely N-dealkylation sites (tertiary alicyclic amines) is 1. The van der Waals surface area contributed by atoms with E-state index in [-0.39, 0.29) is 6.10 Å². The highest BCUT2D eigenvalue weighted by Gasteiger charge is 2.21. The molecule has 6 nitrogen and oxygen atoms in total. The van der Waals surface area contributed by atoms with E-state index in [1.807, 2.05) is 24.3 Å². The highest BCUT2D eigenvalue weighted by molar-refractivity contribution is 5.76. The number of aromatic nitrogens is 3. The first-order chi connectivity index (χ1) is 11.4. The predicted octanol–water partition coefficient (Wildman–Crippen LogP) is 2.66. The van der Waals surface area contributed by atoms with Crippen molar-refractivity contribution in [1.82, 2.24) is 20.2 Å². The van der Waals surface area contributed by atoms with Gasteiger partial charge in [0.15, 0.2) is 0 Å². The Kier molecular flexibility index (Phi) is 3.90. The number of nitrogens with zero attached hydrogens (tertiary/aromatic N) is 4. The molecule has 1 fully saturated rings. The van der Waals surface area contributed by atoms with Crippen LogP contribution >= 0.6 is 0 Å². The molecule has 0 aliphatic carbocycles.